The number of hydrogen-bond donors (Lipinski definition) is 1. The number of morpholine rings is 1. The van der Waals surface area contributed by atoms with Gasteiger partial charge >= 0.3 is 0 Å². The molecular weight excluding hydrogens is 491 g/mol. The zero-order valence-electron chi connectivity index (χ0n) is 16.7. The Morgan fingerprint density at radius 2 is 1.93 bits per heavy atom. The van der Waals surface area contributed by atoms with Gasteiger partial charge in [0.1, 0.15) is 0 Å². The molecule has 10 heteroatoms. The number of ether oxygens (including phenoxy) is 1. The molecule has 1 aromatic heterocycles. The zero-order chi connectivity index (χ0) is 19.1. The first-order valence-corrected chi connectivity index (χ1v) is 10.5. The molecule has 0 spiro atoms. The normalized spacial score (nSPS) is 18.7. The summed E-state index contributed by atoms with van der Waals surface area (Å²) in [6.07, 6.45) is 0.977. The Hall–Kier alpha value is -0.980. The summed E-state index contributed by atoms with van der Waals surface area (Å²) in [7, 11) is 1.81. The van der Waals surface area contributed by atoms with Crippen LogP contribution in [0, 0.1) is 0 Å². The number of carbonyl (C=O) groups is 1. The van der Waals surface area contributed by atoms with E-state index in [1.807, 2.05) is 11.9 Å². The van der Waals surface area contributed by atoms with Crippen molar-refractivity contribution >= 4 is 47.2 Å². The summed E-state index contributed by atoms with van der Waals surface area (Å²) in [6, 6.07) is 0. The highest BCUT2D eigenvalue weighted by Gasteiger charge is 2.24. The molecule has 2 aliphatic heterocycles. The van der Waals surface area contributed by atoms with Crippen molar-refractivity contribution in [3.8, 4) is 0 Å². The summed E-state index contributed by atoms with van der Waals surface area (Å²) in [5.41, 5.74) is 1.06. The van der Waals surface area contributed by atoms with Gasteiger partial charge in [-0.2, -0.15) is 0 Å². The molecule has 0 atom stereocenters. The zero-order valence-corrected chi connectivity index (χ0v) is 19.9. The summed E-state index contributed by atoms with van der Waals surface area (Å²) in [4.78, 5) is 27.8. The van der Waals surface area contributed by atoms with Crippen LogP contribution in [0.15, 0.2) is 10.4 Å². The van der Waals surface area contributed by atoms with Crippen molar-refractivity contribution < 1.29 is 9.53 Å². The van der Waals surface area contributed by atoms with Gasteiger partial charge in [0.25, 0.3) is 0 Å². The lowest BCUT2D eigenvalue weighted by molar-refractivity contribution is -0.136. The molecule has 0 radical (unpaired) electrons. The van der Waals surface area contributed by atoms with Crippen LogP contribution in [-0.2, 0) is 22.5 Å². The minimum absolute atomic E-state index is 0. The third kappa shape index (κ3) is 6.53. The van der Waals surface area contributed by atoms with Gasteiger partial charge in [-0.3, -0.25) is 14.7 Å². The molecule has 0 saturated carbocycles. The second kappa shape index (κ2) is 11.9. The molecule has 0 aromatic carbocycles. The minimum Gasteiger partial charge on any atom is -0.378 e. The van der Waals surface area contributed by atoms with Crippen molar-refractivity contribution in [2.24, 2.45) is 4.99 Å². The summed E-state index contributed by atoms with van der Waals surface area (Å²) in [5, 5.41) is 6.69. The molecule has 0 aliphatic carbocycles. The van der Waals surface area contributed by atoms with Gasteiger partial charge in [-0.25, -0.2) is 4.98 Å². The number of aromatic nitrogens is 1. The van der Waals surface area contributed by atoms with Crippen LogP contribution in [0.25, 0.3) is 0 Å². The second-order valence-corrected chi connectivity index (χ2v) is 7.69. The van der Waals surface area contributed by atoms with Crippen molar-refractivity contribution in [3.05, 3.63) is 16.1 Å². The SMILES string of the molecule is CCc1nc(CNC(=NC)N2CCN(CC(=O)N3CCOCC3)CC2)cs1.I. The Morgan fingerprint density at radius 1 is 1.21 bits per heavy atom. The van der Waals surface area contributed by atoms with Crippen molar-refractivity contribution in [2.45, 2.75) is 19.9 Å². The molecule has 3 heterocycles. The first kappa shape index (κ1) is 23.3. The van der Waals surface area contributed by atoms with Crippen LogP contribution in [0.4, 0.5) is 0 Å². The molecule has 2 saturated heterocycles. The Bertz CT molecular complexity index is 642. The van der Waals surface area contributed by atoms with E-state index in [4.69, 9.17) is 4.74 Å². The number of aryl methyl sites for hydroxylation is 1. The van der Waals surface area contributed by atoms with Crippen molar-refractivity contribution in [3.63, 3.8) is 0 Å². The topological polar surface area (TPSA) is 73.3 Å². The molecule has 1 N–H and O–H groups in total. The lowest BCUT2D eigenvalue weighted by Gasteiger charge is -2.37. The molecular formula is C18H31IN6O2S. The van der Waals surface area contributed by atoms with Gasteiger partial charge in [0, 0.05) is 51.7 Å². The van der Waals surface area contributed by atoms with Crippen LogP contribution < -0.4 is 5.32 Å². The third-order valence-corrected chi connectivity index (χ3v) is 5.98. The van der Waals surface area contributed by atoms with E-state index in [1.165, 1.54) is 5.01 Å². The highest BCUT2D eigenvalue weighted by molar-refractivity contribution is 14.0. The number of nitrogens with one attached hydrogen (secondary N) is 1. The van der Waals surface area contributed by atoms with Crippen molar-refractivity contribution in [2.75, 3.05) is 66.1 Å². The molecule has 2 aliphatic rings. The van der Waals surface area contributed by atoms with E-state index in [1.54, 1.807) is 11.3 Å². The fourth-order valence-corrected chi connectivity index (χ4v) is 4.06. The average Bonchev–Trinajstić information content (AvgIpc) is 3.18. The highest BCUT2D eigenvalue weighted by atomic mass is 127. The number of thiazole rings is 1. The standard InChI is InChI=1S/C18H30N6O2S.HI/c1-3-16-21-15(14-27-16)12-20-18(19-2)24-6-4-22(5-7-24)13-17(25)23-8-10-26-11-9-23;/h14H,3-13H2,1-2H3,(H,19,20);1H. The molecule has 1 aromatic rings. The summed E-state index contributed by atoms with van der Waals surface area (Å²) < 4.78 is 5.32. The summed E-state index contributed by atoms with van der Waals surface area (Å²) in [6.45, 7) is 9.52. The second-order valence-electron chi connectivity index (χ2n) is 6.74. The van der Waals surface area contributed by atoms with Gasteiger partial charge in [0.2, 0.25) is 5.91 Å². The maximum absolute atomic E-state index is 12.4. The summed E-state index contributed by atoms with van der Waals surface area (Å²) in [5.74, 6) is 1.12. The number of guanidine groups is 1. The van der Waals surface area contributed by atoms with Crippen LogP contribution in [0.3, 0.4) is 0 Å². The molecule has 1 amide bonds. The van der Waals surface area contributed by atoms with Gasteiger partial charge < -0.3 is 19.9 Å². The van der Waals surface area contributed by atoms with E-state index in [0.29, 0.717) is 39.4 Å². The Labute approximate surface area is 188 Å². The number of nitrogens with zero attached hydrogens (tertiary/aromatic N) is 5. The maximum Gasteiger partial charge on any atom is 0.236 e. The predicted molar refractivity (Wildman–Crippen MR) is 123 cm³/mol. The van der Waals surface area contributed by atoms with Gasteiger partial charge in [0.05, 0.1) is 37.0 Å². The third-order valence-electron chi connectivity index (χ3n) is 4.94. The predicted octanol–water partition coefficient (Wildman–Crippen LogP) is 0.875. The van der Waals surface area contributed by atoms with E-state index < -0.39 is 0 Å². The largest absolute Gasteiger partial charge is 0.378 e. The molecule has 0 bridgehead atoms. The molecule has 28 heavy (non-hydrogen) atoms. The van der Waals surface area contributed by atoms with Crippen LogP contribution in [0.1, 0.15) is 17.6 Å². The minimum atomic E-state index is 0. The number of carbonyl (C=O) groups excluding carboxylic acids is 1. The quantitative estimate of drug-likeness (QED) is 0.352. The number of amides is 1. The molecule has 2 fully saturated rings. The lowest BCUT2D eigenvalue weighted by atomic mass is 10.3. The molecule has 158 valence electrons. The monoisotopic (exact) mass is 522 g/mol. The van der Waals surface area contributed by atoms with Crippen LogP contribution >= 0.6 is 35.3 Å². The van der Waals surface area contributed by atoms with E-state index in [2.05, 4.69) is 37.4 Å². The fraction of sp³-hybridized carbons (Fsp3) is 0.722. The van der Waals surface area contributed by atoms with Gasteiger partial charge in [-0.1, -0.05) is 6.92 Å². The van der Waals surface area contributed by atoms with Gasteiger partial charge in [-0.15, -0.1) is 35.3 Å². The number of piperazine rings is 1. The van der Waals surface area contributed by atoms with Gasteiger partial charge in [-0.05, 0) is 6.42 Å². The number of rotatable bonds is 5. The molecule has 8 nitrogen and oxygen atoms in total. The number of aliphatic imine (C=N–C) groups is 1. The maximum atomic E-state index is 12.4. The average molecular weight is 522 g/mol. The van der Waals surface area contributed by atoms with Crippen molar-refractivity contribution in [1.82, 2.24) is 25.0 Å². The lowest BCUT2D eigenvalue weighted by Crippen LogP contribution is -2.54. The highest BCUT2D eigenvalue weighted by Crippen LogP contribution is 2.10. The summed E-state index contributed by atoms with van der Waals surface area (Å²) >= 11 is 1.71. The first-order chi connectivity index (χ1) is 13.2. The number of halogens is 1. The van der Waals surface area contributed by atoms with E-state index in [-0.39, 0.29) is 29.9 Å². The fourth-order valence-electron chi connectivity index (χ4n) is 3.32. The number of hydrogen-bond acceptors (Lipinski definition) is 6. The van der Waals surface area contributed by atoms with Gasteiger partial charge in [0.15, 0.2) is 5.96 Å². The van der Waals surface area contributed by atoms with E-state index in [0.717, 1.165) is 44.3 Å². The van der Waals surface area contributed by atoms with E-state index in [9.17, 15) is 4.79 Å². The Balaban J connectivity index is 0.00000280. The smallest absolute Gasteiger partial charge is 0.236 e. The molecule has 3 rings (SSSR count). The Morgan fingerprint density at radius 3 is 2.54 bits per heavy atom. The molecule has 0 unspecified atom stereocenters. The Kier molecular flexibility index (Phi) is 9.89. The van der Waals surface area contributed by atoms with Crippen LogP contribution in [-0.4, -0.2) is 97.6 Å². The van der Waals surface area contributed by atoms with Crippen LogP contribution in [0.2, 0.25) is 0 Å². The van der Waals surface area contributed by atoms with Crippen LogP contribution in [0.5, 0.6) is 0 Å². The van der Waals surface area contributed by atoms with Crippen molar-refractivity contribution in [1.29, 1.82) is 0 Å². The first-order valence-electron chi connectivity index (χ1n) is 9.66. The van der Waals surface area contributed by atoms with E-state index >= 15 is 0 Å².